The monoisotopic (exact) mass is 305 g/mol. The van der Waals surface area contributed by atoms with Crippen molar-refractivity contribution in [2.75, 3.05) is 11.9 Å². The van der Waals surface area contributed by atoms with E-state index in [1.54, 1.807) is 24.3 Å². The van der Waals surface area contributed by atoms with Crippen molar-refractivity contribution < 1.29 is 25.2 Å². The van der Waals surface area contributed by atoms with E-state index in [0.29, 0.717) is 11.4 Å². The molecule has 0 heterocycles. The van der Waals surface area contributed by atoms with Gasteiger partial charge in [0.05, 0.1) is 6.61 Å². The highest BCUT2D eigenvalue weighted by Gasteiger charge is 2.13. The van der Waals surface area contributed by atoms with Gasteiger partial charge in [0.25, 0.3) is 5.91 Å². The molecule has 0 bridgehead atoms. The fourth-order valence-corrected chi connectivity index (χ4v) is 1.66. The van der Waals surface area contributed by atoms with E-state index in [2.05, 4.69) is 5.32 Å². The van der Waals surface area contributed by atoms with Crippen LogP contribution in [0, 0.1) is 6.92 Å². The molecule has 0 aliphatic rings. The maximum absolute atomic E-state index is 11.4. The van der Waals surface area contributed by atoms with Gasteiger partial charge in [0.15, 0.2) is 6.10 Å². The molecular formula is C16H19NO5. The maximum atomic E-state index is 11.4. The number of nitrogens with one attached hydrogen (secondary N) is 1. The highest BCUT2D eigenvalue weighted by Crippen LogP contribution is 2.23. The number of carbonyl (C=O) groups excluding carboxylic acids is 1. The van der Waals surface area contributed by atoms with Gasteiger partial charge in [-0.3, -0.25) is 4.79 Å². The topological polar surface area (TPSA) is 110 Å². The molecule has 0 fully saturated rings. The maximum Gasteiger partial charge on any atom is 0.255 e. The van der Waals surface area contributed by atoms with Crippen LogP contribution in [0.4, 0.5) is 5.69 Å². The van der Waals surface area contributed by atoms with Crippen molar-refractivity contribution >= 4 is 11.6 Å². The molecule has 2 aromatic carbocycles. The third-order valence-corrected chi connectivity index (χ3v) is 2.85. The summed E-state index contributed by atoms with van der Waals surface area (Å²) in [6.07, 6.45) is -1.42. The van der Waals surface area contributed by atoms with Crippen LogP contribution in [0.25, 0.3) is 0 Å². The first-order valence-corrected chi connectivity index (χ1v) is 6.53. The van der Waals surface area contributed by atoms with Crippen LogP contribution in [0.3, 0.4) is 0 Å². The average Bonchev–Trinajstić information content (AvgIpc) is 2.50. The zero-order chi connectivity index (χ0) is 15.2. The smallest absolute Gasteiger partial charge is 0.255 e. The molecule has 5 N–H and O–H groups in total. The van der Waals surface area contributed by atoms with Gasteiger partial charge in [-0.15, -0.1) is 0 Å². The van der Waals surface area contributed by atoms with Gasteiger partial charge in [0.1, 0.15) is 11.5 Å². The summed E-state index contributed by atoms with van der Waals surface area (Å²) in [4.78, 5) is 11.4. The van der Waals surface area contributed by atoms with Crippen LogP contribution in [0.1, 0.15) is 5.56 Å². The minimum Gasteiger partial charge on any atom is -0.457 e. The molecule has 0 spiro atoms. The van der Waals surface area contributed by atoms with Crippen LogP contribution >= 0.6 is 0 Å². The summed E-state index contributed by atoms with van der Waals surface area (Å²) < 4.78 is 5.66. The van der Waals surface area contributed by atoms with Gasteiger partial charge < -0.3 is 25.7 Å². The van der Waals surface area contributed by atoms with E-state index in [0.717, 1.165) is 11.3 Å². The quantitative estimate of drug-likeness (QED) is 0.772. The highest BCUT2D eigenvalue weighted by atomic mass is 16.5. The Kier molecular flexibility index (Phi) is 6.52. The van der Waals surface area contributed by atoms with Crippen LogP contribution < -0.4 is 10.1 Å². The fourth-order valence-electron chi connectivity index (χ4n) is 1.66. The Balaban J connectivity index is 0.00000242. The molecule has 0 aliphatic carbocycles. The highest BCUT2D eigenvalue weighted by molar-refractivity contribution is 5.94. The summed E-state index contributed by atoms with van der Waals surface area (Å²) in [7, 11) is 0. The SMILES string of the molecule is Cc1ccc(Oc2ccc(NC(=O)C(O)CO)cc2)cc1.O. The summed E-state index contributed by atoms with van der Waals surface area (Å²) >= 11 is 0. The molecule has 6 heteroatoms. The summed E-state index contributed by atoms with van der Waals surface area (Å²) in [6.45, 7) is 1.39. The molecule has 0 saturated heterocycles. The van der Waals surface area contributed by atoms with Crippen LogP contribution in [-0.4, -0.2) is 34.3 Å². The molecule has 22 heavy (non-hydrogen) atoms. The first-order chi connectivity index (χ1) is 10.1. The molecule has 1 unspecified atom stereocenters. The standard InChI is InChI=1S/C16H17NO4.H2O/c1-11-2-6-13(7-3-11)21-14-8-4-12(5-9-14)17-16(20)15(19)10-18;/h2-9,15,18-19H,10H2,1H3,(H,17,20);1H2. The van der Waals surface area contributed by atoms with Gasteiger partial charge in [0.2, 0.25) is 0 Å². The lowest BCUT2D eigenvalue weighted by Gasteiger charge is -2.10. The Morgan fingerprint density at radius 2 is 1.59 bits per heavy atom. The number of aryl methyl sites for hydroxylation is 1. The largest absolute Gasteiger partial charge is 0.457 e. The number of amides is 1. The molecule has 0 aliphatic heterocycles. The van der Waals surface area contributed by atoms with Crippen LogP contribution in [0.15, 0.2) is 48.5 Å². The van der Waals surface area contributed by atoms with Crippen LogP contribution in [0.5, 0.6) is 11.5 Å². The van der Waals surface area contributed by atoms with Crippen LogP contribution in [0.2, 0.25) is 0 Å². The van der Waals surface area contributed by atoms with Crippen molar-refractivity contribution in [2.24, 2.45) is 0 Å². The molecule has 2 rings (SSSR count). The molecule has 0 radical (unpaired) electrons. The van der Waals surface area contributed by atoms with Gasteiger partial charge in [0, 0.05) is 5.69 Å². The molecule has 0 saturated carbocycles. The number of aliphatic hydroxyl groups is 2. The number of rotatable bonds is 5. The molecule has 0 aromatic heterocycles. The Labute approximate surface area is 128 Å². The van der Waals surface area contributed by atoms with Crippen LogP contribution in [-0.2, 0) is 4.79 Å². The van der Waals surface area contributed by atoms with Crippen molar-refractivity contribution in [3.8, 4) is 11.5 Å². The zero-order valence-electron chi connectivity index (χ0n) is 12.1. The van der Waals surface area contributed by atoms with Crippen molar-refractivity contribution in [2.45, 2.75) is 13.0 Å². The van der Waals surface area contributed by atoms with E-state index in [4.69, 9.17) is 9.84 Å². The number of hydrogen-bond acceptors (Lipinski definition) is 4. The summed E-state index contributed by atoms with van der Waals surface area (Å²) in [5, 5.41) is 20.3. The second kappa shape index (κ2) is 8.14. The lowest BCUT2D eigenvalue weighted by atomic mass is 10.2. The van der Waals surface area contributed by atoms with Crippen molar-refractivity contribution in [1.82, 2.24) is 0 Å². The fraction of sp³-hybridized carbons (Fsp3) is 0.188. The van der Waals surface area contributed by atoms with Gasteiger partial charge in [-0.05, 0) is 43.3 Å². The predicted octanol–water partition coefficient (Wildman–Crippen LogP) is 1.25. The average molecular weight is 305 g/mol. The van der Waals surface area contributed by atoms with Gasteiger partial charge in [-0.2, -0.15) is 0 Å². The summed E-state index contributed by atoms with van der Waals surface area (Å²) in [6, 6.07) is 14.4. The first-order valence-electron chi connectivity index (χ1n) is 6.53. The second-order valence-corrected chi connectivity index (χ2v) is 4.63. The third kappa shape index (κ3) is 4.85. The molecule has 6 nitrogen and oxygen atoms in total. The van der Waals surface area contributed by atoms with E-state index in [-0.39, 0.29) is 5.48 Å². The Morgan fingerprint density at radius 3 is 2.09 bits per heavy atom. The van der Waals surface area contributed by atoms with Gasteiger partial charge in [-0.25, -0.2) is 0 Å². The molecular weight excluding hydrogens is 286 g/mol. The van der Waals surface area contributed by atoms with Gasteiger partial charge >= 0.3 is 0 Å². The number of carbonyl (C=O) groups is 1. The number of anilines is 1. The molecule has 118 valence electrons. The number of hydrogen-bond donors (Lipinski definition) is 3. The van der Waals surface area contributed by atoms with Crippen molar-refractivity contribution in [3.63, 3.8) is 0 Å². The lowest BCUT2D eigenvalue weighted by Crippen LogP contribution is -2.30. The molecule has 2 aromatic rings. The lowest BCUT2D eigenvalue weighted by molar-refractivity contribution is -0.125. The van der Waals surface area contributed by atoms with Gasteiger partial charge in [-0.1, -0.05) is 17.7 Å². The number of aliphatic hydroxyl groups excluding tert-OH is 2. The van der Waals surface area contributed by atoms with E-state index in [1.165, 1.54) is 0 Å². The first kappa shape index (κ1) is 17.6. The number of benzene rings is 2. The molecule has 1 atom stereocenters. The minimum absolute atomic E-state index is 0. The zero-order valence-corrected chi connectivity index (χ0v) is 12.1. The second-order valence-electron chi connectivity index (χ2n) is 4.63. The van der Waals surface area contributed by atoms with E-state index >= 15 is 0 Å². The van der Waals surface area contributed by atoms with E-state index < -0.39 is 18.6 Å². The Morgan fingerprint density at radius 1 is 1.09 bits per heavy atom. The minimum atomic E-state index is -1.42. The Bertz CT molecular complexity index is 595. The third-order valence-electron chi connectivity index (χ3n) is 2.85. The Hall–Kier alpha value is -2.41. The van der Waals surface area contributed by atoms with Crippen molar-refractivity contribution in [1.29, 1.82) is 0 Å². The summed E-state index contributed by atoms with van der Waals surface area (Å²) in [5.74, 6) is 0.720. The predicted molar refractivity (Wildman–Crippen MR) is 83.0 cm³/mol. The summed E-state index contributed by atoms with van der Waals surface area (Å²) in [5.41, 5.74) is 1.67. The van der Waals surface area contributed by atoms with Crippen molar-refractivity contribution in [3.05, 3.63) is 54.1 Å². The molecule has 1 amide bonds. The normalized spacial score (nSPS) is 11.2. The van der Waals surface area contributed by atoms with E-state index in [1.807, 2.05) is 31.2 Å². The van der Waals surface area contributed by atoms with E-state index in [9.17, 15) is 9.90 Å². The number of ether oxygens (including phenoxy) is 1.